The average molecular weight is 190 g/mol. The minimum Gasteiger partial charge on any atom is -0.302 e. The lowest BCUT2D eigenvalue weighted by atomic mass is 9.78. The fourth-order valence-electron chi connectivity index (χ4n) is 1.79. The van der Waals surface area contributed by atoms with Crippen LogP contribution < -0.4 is 0 Å². The summed E-state index contributed by atoms with van der Waals surface area (Å²) in [6.07, 6.45) is 4.02. The highest BCUT2D eigenvalue weighted by Gasteiger charge is 2.27. The molecule has 0 unspecified atom stereocenters. The lowest BCUT2D eigenvalue weighted by Crippen LogP contribution is -2.39. The van der Waals surface area contributed by atoms with Gasteiger partial charge in [-0.2, -0.15) is 0 Å². The molecule has 1 nitrogen and oxygen atoms in total. The largest absolute Gasteiger partial charge is 0.302 e. The Balaban J connectivity index is 2.29. The maximum Gasteiger partial charge on any atom is 0.0351 e. The van der Waals surface area contributed by atoms with E-state index in [9.17, 15) is 0 Å². The van der Waals surface area contributed by atoms with Crippen molar-refractivity contribution in [2.45, 2.75) is 33.1 Å². The first-order valence-electron chi connectivity index (χ1n) is 4.98. The minimum absolute atomic E-state index is 0.614. The van der Waals surface area contributed by atoms with Crippen molar-refractivity contribution in [3.63, 3.8) is 0 Å². The Labute approximate surface area is 81.1 Å². The van der Waals surface area contributed by atoms with Crippen molar-refractivity contribution in [1.29, 1.82) is 0 Å². The quantitative estimate of drug-likeness (QED) is 0.618. The molecule has 2 heteroatoms. The molecule has 12 heavy (non-hydrogen) atoms. The number of hydrogen-bond donors (Lipinski definition) is 0. The monoisotopic (exact) mass is 189 g/mol. The van der Waals surface area contributed by atoms with Gasteiger partial charge in [0.2, 0.25) is 0 Å². The summed E-state index contributed by atoms with van der Waals surface area (Å²) in [5.74, 6) is 0.781. The Morgan fingerprint density at radius 2 is 1.92 bits per heavy atom. The number of halogens is 1. The van der Waals surface area contributed by atoms with E-state index in [1.807, 2.05) is 0 Å². The van der Waals surface area contributed by atoms with Gasteiger partial charge >= 0.3 is 0 Å². The van der Waals surface area contributed by atoms with Gasteiger partial charge in [0, 0.05) is 12.4 Å². The molecule has 0 aliphatic carbocycles. The molecular weight excluding hydrogens is 170 g/mol. The second-order valence-corrected chi connectivity index (χ2v) is 4.57. The third kappa shape index (κ3) is 2.63. The van der Waals surface area contributed by atoms with Crippen LogP contribution in [0, 0.1) is 5.41 Å². The highest BCUT2D eigenvalue weighted by molar-refractivity contribution is 6.18. The normalized spacial score (nSPS) is 24.2. The molecule has 1 aliphatic heterocycles. The van der Waals surface area contributed by atoms with Crippen molar-refractivity contribution in [2.24, 2.45) is 5.41 Å². The van der Waals surface area contributed by atoms with Gasteiger partial charge in [0.25, 0.3) is 0 Å². The number of alkyl halides is 1. The van der Waals surface area contributed by atoms with Gasteiger partial charge in [-0.15, -0.1) is 11.6 Å². The summed E-state index contributed by atoms with van der Waals surface area (Å²) < 4.78 is 0. The van der Waals surface area contributed by atoms with Gasteiger partial charge in [0.1, 0.15) is 0 Å². The highest BCUT2D eigenvalue weighted by Crippen LogP contribution is 2.33. The predicted octanol–water partition coefficient (Wildman–Crippen LogP) is 2.74. The number of piperidine rings is 1. The molecule has 0 atom stereocenters. The Hall–Kier alpha value is 0.250. The Kier molecular flexibility index (Phi) is 3.85. The first kappa shape index (κ1) is 10.3. The van der Waals surface area contributed by atoms with Crippen LogP contribution in [0.2, 0.25) is 0 Å². The fraction of sp³-hybridized carbons (Fsp3) is 1.00. The van der Waals surface area contributed by atoms with Crippen molar-refractivity contribution in [3.05, 3.63) is 0 Å². The van der Waals surface area contributed by atoms with Crippen molar-refractivity contribution in [1.82, 2.24) is 4.90 Å². The van der Waals surface area contributed by atoms with Gasteiger partial charge in [-0.3, -0.25) is 0 Å². The number of hydrogen-bond acceptors (Lipinski definition) is 1. The summed E-state index contributed by atoms with van der Waals surface area (Å²) in [5, 5.41) is 0. The van der Waals surface area contributed by atoms with E-state index in [2.05, 4.69) is 18.7 Å². The SMILES string of the molecule is CCC1(C)CCN(CCCl)CC1. The molecule has 1 aliphatic rings. The van der Waals surface area contributed by atoms with Gasteiger partial charge < -0.3 is 4.90 Å². The number of rotatable bonds is 3. The number of likely N-dealkylation sites (tertiary alicyclic amines) is 1. The molecule has 1 heterocycles. The van der Waals surface area contributed by atoms with Crippen LogP contribution in [0.3, 0.4) is 0 Å². The van der Waals surface area contributed by atoms with Crippen LogP contribution in [-0.2, 0) is 0 Å². The Morgan fingerprint density at radius 1 is 1.33 bits per heavy atom. The molecule has 0 amide bonds. The molecule has 1 rings (SSSR count). The van der Waals surface area contributed by atoms with Crippen molar-refractivity contribution in [2.75, 3.05) is 25.5 Å². The van der Waals surface area contributed by atoms with Gasteiger partial charge in [0.05, 0.1) is 0 Å². The zero-order valence-corrected chi connectivity index (χ0v) is 9.03. The highest BCUT2D eigenvalue weighted by atomic mass is 35.5. The lowest BCUT2D eigenvalue weighted by molar-refractivity contribution is 0.120. The van der Waals surface area contributed by atoms with E-state index in [1.165, 1.54) is 32.4 Å². The lowest BCUT2D eigenvalue weighted by Gasteiger charge is -2.38. The molecule has 0 spiro atoms. The molecule has 1 fully saturated rings. The van der Waals surface area contributed by atoms with Crippen LogP contribution in [0.5, 0.6) is 0 Å². The van der Waals surface area contributed by atoms with Crippen molar-refractivity contribution in [3.8, 4) is 0 Å². The number of nitrogens with zero attached hydrogens (tertiary/aromatic N) is 1. The third-order valence-corrected chi connectivity index (χ3v) is 3.49. The van der Waals surface area contributed by atoms with E-state index in [-0.39, 0.29) is 0 Å². The van der Waals surface area contributed by atoms with E-state index >= 15 is 0 Å². The van der Waals surface area contributed by atoms with Gasteiger partial charge in [0.15, 0.2) is 0 Å². The molecule has 0 N–H and O–H groups in total. The van der Waals surface area contributed by atoms with E-state index in [0.29, 0.717) is 5.41 Å². The summed E-state index contributed by atoms with van der Waals surface area (Å²) in [6.45, 7) is 8.28. The summed E-state index contributed by atoms with van der Waals surface area (Å²) in [6, 6.07) is 0. The summed E-state index contributed by atoms with van der Waals surface area (Å²) in [5.41, 5.74) is 0.614. The molecule has 1 saturated heterocycles. The maximum absolute atomic E-state index is 5.70. The van der Waals surface area contributed by atoms with E-state index in [4.69, 9.17) is 11.6 Å². The van der Waals surface area contributed by atoms with E-state index < -0.39 is 0 Å². The first-order valence-corrected chi connectivity index (χ1v) is 5.52. The van der Waals surface area contributed by atoms with Crippen LogP contribution >= 0.6 is 11.6 Å². The van der Waals surface area contributed by atoms with Crippen LogP contribution in [0.25, 0.3) is 0 Å². The minimum atomic E-state index is 0.614. The molecular formula is C10H20ClN. The van der Waals surface area contributed by atoms with Gasteiger partial charge in [-0.05, 0) is 31.3 Å². The third-order valence-electron chi connectivity index (χ3n) is 3.32. The molecule has 0 bridgehead atoms. The van der Waals surface area contributed by atoms with Crippen molar-refractivity contribution < 1.29 is 0 Å². The Bertz CT molecular complexity index is 128. The summed E-state index contributed by atoms with van der Waals surface area (Å²) >= 11 is 5.70. The molecule has 72 valence electrons. The molecule has 0 aromatic rings. The topological polar surface area (TPSA) is 3.24 Å². The maximum atomic E-state index is 5.70. The smallest absolute Gasteiger partial charge is 0.0351 e. The molecule has 0 radical (unpaired) electrons. The Morgan fingerprint density at radius 3 is 2.33 bits per heavy atom. The second-order valence-electron chi connectivity index (χ2n) is 4.19. The standard InChI is InChI=1S/C10H20ClN/c1-3-10(2)4-7-12(8-5-10)9-6-11/h3-9H2,1-2H3. The van der Waals surface area contributed by atoms with Crippen LogP contribution in [-0.4, -0.2) is 30.4 Å². The van der Waals surface area contributed by atoms with Crippen LogP contribution in [0.15, 0.2) is 0 Å². The fourth-order valence-corrected chi connectivity index (χ4v) is 2.03. The zero-order valence-electron chi connectivity index (χ0n) is 8.27. The summed E-state index contributed by atoms with van der Waals surface area (Å²) in [4.78, 5) is 2.48. The predicted molar refractivity (Wildman–Crippen MR) is 54.8 cm³/mol. The average Bonchev–Trinajstić information content (AvgIpc) is 2.10. The van der Waals surface area contributed by atoms with Gasteiger partial charge in [-0.1, -0.05) is 20.3 Å². The van der Waals surface area contributed by atoms with Crippen molar-refractivity contribution >= 4 is 11.6 Å². The summed E-state index contributed by atoms with van der Waals surface area (Å²) in [7, 11) is 0. The second kappa shape index (κ2) is 4.48. The molecule has 0 saturated carbocycles. The van der Waals surface area contributed by atoms with E-state index in [1.54, 1.807) is 0 Å². The van der Waals surface area contributed by atoms with E-state index in [0.717, 1.165) is 12.4 Å². The van der Waals surface area contributed by atoms with Crippen LogP contribution in [0.1, 0.15) is 33.1 Å². The zero-order chi connectivity index (χ0) is 9.03. The van der Waals surface area contributed by atoms with Crippen LogP contribution in [0.4, 0.5) is 0 Å². The van der Waals surface area contributed by atoms with Gasteiger partial charge in [-0.25, -0.2) is 0 Å². The molecule has 0 aromatic heterocycles. The molecule has 0 aromatic carbocycles. The first-order chi connectivity index (χ1) is 5.70.